The van der Waals surface area contributed by atoms with Crippen LogP contribution < -0.4 is 14.8 Å². The smallest absolute Gasteiger partial charge is 0.193 e. The van der Waals surface area contributed by atoms with Gasteiger partial charge in [0.1, 0.15) is 13.2 Å². The first-order chi connectivity index (χ1) is 14.2. The number of piperidine rings is 1. The summed E-state index contributed by atoms with van der Waals surface area (Å²) in [6.45, 7) is 6.10. The van der Waals surface area contributed by atoms with Crippen LogP contribution in [0.5, 0.6) is 11.5 Å². The molecule has 1 aromatic heterocycles. The van der Waals surface area contributed by atoms with Crippen molar-refractivity contribution in [3.63, 3.8) is 0 Å². The highest BCUT2D eigenvalue weighted by atomic mass is 35.5. The van der Waals surface area contributed by atoms with Crippen LogP contribution in [-0.4, -0.2) is 60.3 Å². The van der Waals surface area contributed by atoms with Crippen molar-refractivity contribution in [1.29, 1.82) is 0 Å². The van der Waals surface area contributed by atoms with E-state index in [1.54, 1.807) is 0 Å². The Hall–Kier alpha value is -2.41. The Morgan fingerprint density at radius 1 is 1.34 bits per heavy atom. The summed E-state index contributed by atoms with van der Waals surface area (Å²) in [5.74, 6) is 2.93. The SMILES string of the molecule is CN=C(NCCc1cc(Cl)c2c(c1)OCCO2)N1CCC(C)C(n2ccnc2)C1. The van der Waals surface area contributed by atoms with Gasteiger partial charge < -0.3 is 24.3 Å². The molecule has 2 unspecified atom stereocenters. The van der Waals surface area contributed by atoms with Crippen molar-refractivity contribution < 1.29 is 9.47 Å². The monoisotopic (exact) mass is 417 g/mol. The average molecular weight is 418 g/mol. The first kappa shape index (κ1) is 19.9. The molecule has 0 radical (unpaired) electrons. The third-order valence-electron chi connectivity index (χ3n) is 5.69. The van der Waals surface area contributed by atoms with Gasteiger partial charge in [-0.15, -0.1) is 0 Å². The molecule has 0 saturated carbocycles. The molecule has 7 nitrogen and oxygen atoms in total. The lowest BCUT2D eigenvalue weighted by atomic mass is 9.93. The highest BCUT2D eigenvalue weighted by molar-refractivity contribution is 6.32. The number of likely N-dealkylation sites (tertiary alicyclic amines) is 1. The van der Waals surface area contributed by atoms with E-state index in [1.165, 1.54) is 0 Å². The molecule has 0 bridgehead atoms. The number of benzene rings is 1. The molecule has 2 aliphatic rings. The largest absolute Gasteiger partial charge is 0.486 e. The number of fused-ring (bicyclic) bond motifs is 1. The fraction of sp³-hybridized carbons (Fsp3) is 0.524. The second-order valence-corrected chi connectivity index (χ2v) is 8.02. The van der Waals surface area contributed by atoms with E-state index < -0.39 is 0 Å². The van der Waals surface area contributed by atoms with E-state index in [2.05, 4.69) is 31.7 Å². The highest BCUT2D eigenvalue weighted by Crippen LogP contribution is 2.38. The second kappa shape index (κ2) is 8.95. The molecule has 29 heavy (non-hydrogen) atoms. The van der Waals surface area contributed by atoms with Gasteiger partial charge in [-0.2, -0.15) is 0 Å². The van der Waals surface area contributed by atoms with E-state index in [1.807, 2.05) is 37.9 Å². The molecular formula is C21H28ClN5O2. The summed E-state index contributed by atoms with van der Waals surface area (Å²) in [4.78, 5) is 11.1. The fourth-order valence-electron chi connectivity index (χ4n) is 4.05. The highest BCUT2D eigenvalue weighted by Gasteiger charge is 2.28. The lowest BCUT2D eigenvalue weighted by molar-refractivity contribution is 0.171. The summed E-state index contributed by atoms with van der Waals surface area (Å²) in [6.07, 6.45) is 7.75. The second-order valence-electron chi connectivity index (χ2n) is 7.62. The van der Waals surface area contributed by atoms with Gasteiger partial charge in [0.2, 0.25) is 0 Å². The van der Waals surface area contributed by atoms with E-state index >= 15 is 0 Å². The van der Waals surface area contributed by atoms with Gasteiger partial charge in [0.25, 0.3) is 0 Å². The van der Waals surface area contributed by atoms with Crippen molar-refractivity contribution in [2.45, 2.75) is 25.8 Å². The normalized spacial score (nSPS) is 21.9. The van der Waals surface area contributed by atoms with Gasteiger partial charge in [0.05, 0.1) is 17.4 Å². The van der Waals surface area contributed by atoms with E-state index in [0.29, 0.717) is 35.9 Å². The molecular weight excluding hydrogens is 390 g/mol. The first-order valence-corrected chi connectivity index (χ1v) is 10.5. The van der Waals surface area contributed by atoms with Gasteiger partial charge in [-0.05, 0) is 36.5 Å². The maximum absolute atomic E-state index is 6.35. The number of nitrogens with one attached hydrogen (secondary N) is 1. The van der Waals surface area contributed by atoms with Crippen LogP contribution in [0.2, 0.25) is 5.02 Å². The van der Waals surface area contributed by atoms with E-state index in [4.69, 9.17) is 21.1 Å². The molecule has 0 spiro atoms. The van der Waals surface area contributed by atoms with Crippen molar-refractivity contribution >= 4 is 17.6 Å². The molecule has 1 saturated heterocycles. The van der Waals surface area contributed by atoms with Crippen molar-refractivity contribution in [3.05, 3.63) is 41.4 Å². The van der Waals surface area contributed by atoms with Gasteiger partial charge in [-0.3, -0.25) is 4.99 Å². The van der Waals surface area contributed by atoms with Crippen LogP contribution in [-0.2, 0) is 6.42 Å². The van der Waals surface area contributed by atoms with Crippen LogP contribution in [0, 0.1) is 5.92 Å². The maximum Gasteiger partial charge on any atom is 0.193 e. The van der Waals surface area contributed by atoms with Crippen molar-refractivity contribution in [1.82, 2.24) is 19.8 Å². The Labute approximate surface area is 176 Å². The maximum atomic E-state index is 6.35. The number of guanidine groups is 1. The molecule has 0 aliphatic carbocycles. The third kappa shape index (κ3) is 4.45. The number of nitrogens with zero attached hydrogens (tertiary/aromatic N) is 4. The van der Waals surface area contributed by atoms with Gasteiger partial charge in [-0.1, -0.05) is 18.5 Å². The molecule has 2 atom stereocenters. The van der Waals surface area contributed by atoms with Crippen LogP contribution in [0.25, 0.3) is 0 Å². The lowest BCUT2D eigenvalue weighted by Gasteiger charge is -2.39. The van der Waals surface area contributed by atoms with E-state index in [9.17, 15) is 0 Å². The minimum absolute atomic E-state index is 0.404. The number of aromatic nitrogens is 2. The summed E-state index contributed by atoms with van der Waals surface area (Å²) < 4.78 is 13.5. The zero-order valence-electron chi connectivity index (χ0n) is 17.0. The Kier molecular flexibility index (Phi) is 6.13. The first-order valence-electron chi connectivity index (χ1n) is 10.2. The average Bonchev–Trinajstić information content (AvgIpc) is 3.27. The molecule has 2 aromatic rings. The number of halogens is 1. The van der Waals surface area contributed by atoms with Gasteiger partial charge in [0, 0.05) is 39.1 Å². The molecule has 4 rings (SSSR count). The molecule has 1 N–H and O–H groups in total. The number of imidazole rings is 1. The molecule has 0 amide bonds. The van der Waals surface area contributed by atoms with Crippen molar-refractivity contribution in [3.8, 4) is 11.5 Å². The van der Waals surface area contributed by atoms with Crippen LogP contribution in [0.15, 0.2) is 35.8 Å². The van der Waals surface area contributed by atoms with Crippen molar-refractivity contribution in [2.75, 3.05) is 39.9 Å². The summed E-state index contributed by atoms with van der Waals surface area (Å²) >= 11 is 6.35. The van der Waals surface area contributed by atoms with Crippen LogP contribution in [0.1, 0.15) is 24.9 Å². The Bertz CT molecular complexity index is 855. The Morgan fingerprint density at radius 3 is 3.00 bits per heavy atom. The fourth-order valence-corrected chi connectivity index (χ4v) is 4.34. The van der Waals surface area contributed by atoms with Gasteiger partial charge >= 0.3 is 0 Å². The number of hydrogen-bond acceptors (Lipinski definition) is 4. The van der Waals surface area contributed by atoms with Gasteiger partial charge in [0.15, 0.2) is 17.5 Å². The van der Waals surface area contributed by atoms with Crippen LogP contribution in [0.3, 0.4) is 0 Å². The summed E-state index contributed by atoms with van der Waals surface area (Å²) in [5, 5.41) is 4.11. The predicted molar refractivity (Wildman–Crippen MR) is 114 cm³/mol. The molecule has 2 aliphatic heterocycles. The number of hydrogen-bond donors (Lipinski definition) is 1. The van der Waals surface area contributed by atoms with E-state index in [-0.39, 0.29) is 0 Å². The number of aliphatic imine (C=N–C) groups is 1. The van der Waals surface area contributed by atoms with Gasteiger partial charge in [-0.25, -0.2) is 4.98 Å². The quantitative estimate of drug-likeness (QED) is 0.612. The molecule has 156 valence electrons. The summed E-state index contributed by atoms with van der Waals surface area (Å²) in [5.41, 5.74) is 1.12. The molecule has 1 fully saturated rings. The Balaban J connectivity index is 1.36. The number of ether oxygens (including phenoxy) is 2. The zero-order valence-corrected chi connectivity index (χ0v) is 17.7. The topological polar surface area (TPSA) is 63.9 Å². The zero-order chi connectivity index (χ0) is 20.2. The summed E-state index contributed by atoms with van der Waals surface area (Å²) in [6, 6.07) is 4.38. The minimum Gasteiger partial charge on any atom is -0.486 e. The lowest BCUT2D eigenvalue weighted by Crippen LogP contribution is -2.49. The standard InChI is InChI=1S/C21H28ClN5O2/c1-15-4-7-26(13-18(15)27-8-6-24-14-27)21(23-2)25-5-3-16-11-17(22)20-19(12-16)28-9-10-29-20/h6,8,11-12,14-15,18H,3-5,7,9-10,13H2,1-2H3,(H,23,25). The predicted octanol–water partition coefficient (Wildman–Crippen LogP) is 3.01. The van der Waals surface area contributed by atoms with E-state index in [0.717, 1.165) is 49.7 Å². The van der Waals surface area contributed by atoms with Crippen LogP contribution in [0.4, 0.5) is 0 Å². The van der Waals surface area contributed by atoms with Crippen LogP contribution >= 0.6 is 11.6 Å². The molecule has 3 heterocycles. The molecule has 1 aromatic carbocycles. The summed E-state index contributed by atoms with van der Waals surface area (Å²) in [7, 11) is 1.84. The van der Waals surface area contributed by atoms with Crippen molar-refractivity contribution in [2.24, 2.45) is 10.9 Å². The third-order valence-corrected chi connectivity index (χ3v) is 5.97. The minimum atomic E-state index is 0.404. The number of rotatable bonds is 4. The Morgan fingerprint density at radius 2 is 2.21 bits per heavy atom. The molecule has 8 heteroatoms.